The number of ether oxygens (including phenoxy) is 1. The fourth-order valence-corrected chi connectivity index (χ4v) is 9.15. The number of carbonyl (C=O) groups excluding carboxylic acids is 1. The minimum atomic E-state index is -4.43. The molecule has 1 aliphatic heterocycles. The van der Waals surface area contributed by atoms with Gasteiger partial charge >= 0.3 is 16.4 Å². The van der Waals surface area contributed by atoms with E-state index in [1.807, 2.05) is 0 Å². The maximum atomic E-state index is 12.2. The fraction of sp³-hybridized carbons (Fsp3) is 0.870. The molecule has 0 saturated heterocycles. The summed E-state index contributed by atoms with van der Waals surface area (Å²) in [4.78, 5) is 11.7. The SMILES string of the molecule is C[C@]12CC[C@@H](OS(=O)(=O)O)C[C@H]1CC[C@@H]1[C@@H]2CC[C@]2(C)[C@@H](C3=CC(=O)OC3)CC[C@]12O. The molecule has 0 aromatic heterocycles. The van der Waals surface area contributed by atoms with Gasteiger partial charge in [-0.25, -0.2) is 8.98 Å². The summed E-state index contributed by atoms with van der Waals surface area (Å²) in [6, 6.07) is 0. The van der Waals surface area contributed by atoms with Crippen molar-refractivity contribution >= 4 is 16.4 Å². The Bertz CT molecular complexity index is 913. The first kappa shape index (κ1) is 21.9. The Kier molecular flexibility index (Phi) is 4.95. The van der Waals surface area contributed by atoms with Crippen LogP contribution < -0.4 is 0 Å². The summed E-state index contributed by atoms with van der Waals surface area (Å²) in [5.74, 6) is 0.872. The predicted octanol–water partition coefficient (Wildman–Crippen LogP) is 3.43. The molecule has 8 heteroatoms. The van der Waals surface area contributed by atoms with Gasteiger partial charge in [-0.1, -0.05) is 13.8 Å². The first-order valence-corrected chi connectivity index (χ1v) is 13.1. The second-order valence-electron chi connectivity index (χ2n) is 11.2. The molecule has 1 heterocycles. The molecule has 0 aromatic carbocycles. The van der Waals surface area contributed by atoms with Gasteiger partial charge in [0.05, 0.1) is 11.7 Å². The van der Waals surface area contributed by atoms with E-state index in [-0.39, 0.29) is 28.6 Å². The molecule has 4 aliphatic carbocycles. The second-order valence-corrected chi connectivity index (χ2v) is 12.3. The summed E-state index contributed by atoms with van der Waals surface area (Å²) in [6.07, 6.45) is 8.78. The zero-order valence-corrected chi connectivity index (χ0v) is 19.2. The molecule has 5 aliphatic rings. The van der Waals surface area contributed by atoms with Crippen molar-refractivity contribution in [1.29, 1.82) is 0 Å². The van der Waals surface area contributed by atoms with Crippen LogP contribution in [0.3, 0.4) is 0 Å². The summed E-state index contributed by atoms with van der Waals surface area (Å²) in [5, 5.41) is 12.2. The third kappa shape index (κ3) is 3.23. The van der Waals surface area contributed by atoms with Gasteiger partial charge in [0, 0.05) is 11.5 Å². The number of hydrogen-bond donors (Lipinski definition) is 2. The summed E-state index contributed by atoms with van der Waals surface area (Å²) >= 11 is 0. The van der Waals surface area contributed by atoms with Gasteiger partial charge in [0.1, 0.15) is 6.61 Å². The highest BCUT2D eigenvalue weighted by atomic mass is 32.3. The average Bonchev–Trinajstić information content (AvgIpc) is 3.21. The Morgan fingerprint density at radius 1 is 1.06 bits per heavy atom. The maximum absolute atomic E-state index is 12.2. The summed E-state index contributed by atoms with van der Waals surface area (Å²) in [7, 11) is -4.43. The summed E-state index contributed by atoms with van der Waals surface area (Å²) < 4.78 is 41.6. The number of hydrogen-bond acceptors (Lipinski definition) is 6. The van der Waals surface area contributed by atoms with Gasteiger partial charge in [0.15, 0.2) is 0 Å². The van der Waals surface area contributed by atoms with E-state index in [2.05, 4.69) is 13.8 Å². The molecule has 0 unspecified atom stereocenters. The Morgan fingerprint density at radius 2 is 1.84 bits per heavy atom. The molecular weight excluding hydrogens is 420 g/mol. The minimum Gasteiger partial charge on any atom is -0.458 e. The molecule has 0 radical (unpaired) electrons. The molecular formula is C23H34O7S. The van der Waals surface area contributed by atoms with E-state index in [0.29, 0.717) is 31.3 Å². The van der Waals surface area contributed by atoms with Gasteiger partial charge in [-0.15, -0.1) is 0 Å². The van der Waals surface area contributed by atoms with Crippen molar-refractivity contribution in [2.75, 3.05) is 6.61 Å². The molecule has 0 spiro atoms. The van der Waals surface area contributed by atoms with E-state index in [1.54, 1.807) is 6.08 Å². The topological polar surface area (TPSA) is 110 Å². The summed E-state index contributed by atoms with van der Waals surface area (Å²) in [5.41, 5.74) is 0.0957. The molecule has 0 aromatic rings. The molecule has 174 valence electrons. The normalized spacial score (nSPS) is 49.6. The highest BCUT2D eigenvalue weighted by Crippen LogP contribution is 2.70. The highest BCUT2D eigenvalue weighted by molar-refractivity contribution is 7.80. The van der Waals surface area contributed by atoms with Crippen molar-refractivity contribution in [3.8, 4) is 0 Å². The van der Waals surface area contributed by atoms with E-state index in [9.17, 15) is 18.3 Å². The van der Waals surface area contributed by atoms with Gasteiger partial charge in [-0.2, -0.15) is 8.42 Å². The van der Waals surface area contributed by atoms with Crippen LogP contribution in [0.5, 0.6) is 0 Å². The largest absolute Gasteiger partial charge is 0.458 e. The lowest BCUT2D eigenvalue weighted by atomic mass is 9.43. The lowest BCUT2D eigenvalue weighted by molar-refractivity contribution is -0.207. The maximum Gasteiger partial charge on any atom is 0.397 e. The van der Waals surface area contributed by atoms with Crippen LogP contribution in [0, 0.1) is 34.5 Å². The van der Waals surface area contributed by atoms with Crippen molar-refractivity contribution in [3.05, 3.63) is 11.6 Å². The number of carbonyl (C=O) groups is 1. The van der Waals surface area contributed by atoms with E-state index >= 15 is 0 Å². The third-order valence-corrected chi connectivity index (χ3v) is 10.7. The molecule has 4 fully saturated rings. The summed E-state index contributed by atoms with van der Waals surface area (Å²) in [6.45, 7) is 4.90. The van der Waals surface area contributed by atoms with E-state index < -0.39 is 22.1 Å². The Balaban J connectivity index is 1.39. The standard InChI is InChI=1S/C23H34O7S/c1-21-8-5-16(30-31(26,27)28)12-15(21)3-4-19-18(21)6-9-22(2)17(7-10-23(19,22)25)14-11-20(24)29-13-14/h11,15-19,25H,3-10,12-13H2,1-2H3,(H,26,27,28)/t15-,16-,17-,18+,19-,21+,22-,23+/m1/s1. The van der Waals surface area contributed by atoms with Crippen LogP contribution in [-0.4, -0.2) is 42.4 Å². The third-order valence-electron chi connectivity index (χ3n) is 10.2. The Labute approximate surface area is 184 Å². The highest BCUT2D eigenvalue weighted by Gasteiger charge is 2.67. The molecule has 0 amide bonds. The number of esters is 1. The first-order chi connectivity index (χ1) is 14.5. The lowest BCUT2D eigenvalue weighted by Crippen LogP contribution is -2.62. The smallest absolute Gasteiger partial charge is 0.397 e. The van der Waals surface area contributed by atoms with Crippen molar-refractivity contribution in [2.45, 2.75) is 83.3 Å². The van der Waals surface area contributed by atoms with Gasteiger partial charge < -0.3 is 9.84 Å². The van der Waals surface area contributed by atoms with Crippen LogP contribution in [0.15, 0.2) is 11.6 Å². The average molecular weight is 455 g/mol. The van der Waals surface area contributed by atoms with Gasteiger partial charge in [-0.05, 0) is 92.4 Å². The Hall–Kier alpha value is -0.960. The Morgan fingerprint density at radius 3 is 2.52 bits per heavy atom. The molecule has 8 atom stereocenters. The van der Waals surface area contributed by atoms with E-state index in [1.165, 1.54) is 0 Å². The molecule has 5 rings (SSSR count). The predicted molar refractivity (Wildman–Crippen MR) is 112 cm³/mol. The number of fused-ring (bicyclic) bond motifs is 5. The van der Waals surface area contributed by atoms with Crippen LogP contribution in [0.4, 0.5) is 0 Å². The minimum absolute atomic E-state index is 0.0445. The van der Waals surface area contributed by atoms with Crippen LogP contribution >= 0.6 is 0 Å². The molecule has 0 bridgehead atoms. The quantitative estimate of drug-likeness (QED) is 0.496. The molecule has 31 heavy (non-hydrogen) atoms. The number of aliphatic hydroxyl groups is 1. The zero-order valence-electron chi connectivity index (χ0n) is 18.4. The fourth-order valence-electron chi connectivity index (χ4n) is 8.63. The van der Waals surface area contributed by atoms with Gasteiger partial charge in [0.25, 0.3) is 0 Å². The lowest BCUT2D eigenvalue weighted by Gasteiger charge is -2.63. The molecule has 7 nitrogen and oxygen atoms in total. The second kappa shape index (κ2) is 7.02. The van der Waals surface area contributed by atoms with Crippen LogP contribution in [0.1, 0.15) is 71.6 Å². The zero-order chi connectivity index (χ0) is 22.2. The van der Waals surface area contributed by atoms with E-state index in [0.717, 1.165) is 50.5 Å². The first-order valence-electron chi connectivity index (χ1n) is 11.7. The van der Waals surface area contributed by atoms with Crippen molar-refractivity contribution in [3.63, 3.8) is 0 Å². The van der Waals surface area contributed by atoms with Crippen LogP contribution in [-0.2, 0) is 24.1 Å². The molecule has 2 N–H and O–H groups in total. The van der Waals surface area contributed by atoms with Crippen LogP contribution in [0.25, 0.3) is 0 Å². The van der Waals surface area contributed by atoms with Gasteiger partial charge in [0.2, 0.25) is 0 Å². The molecule has 4 saturated carbocycles. The number of cyclic esters (lactones) is 1. The van der Waals surface area contributed by atoms with E-state index in [4.69, 9.17) is 13.5 Å². The van der Waals surface area contributed by atoms with Gasteiger partial charge in [-0.3, -0.25) is 4.55 Å². The van der Waals surface area contributed by atoms with Crippen LogP contribution in [0.2, 0.25) is 0 Å². The number of rotatable bonds is 3. The monoisotopic (exact) mass is 454 g/mol. The van der Waals surface area contributed by atoms with Crippen molar-refractivity contribution < 1.29 is 31.8 Å². The van der Waals surface area contributed by atoms with Crippen molar-refractivity contribution in [2.24, 2.45) is 34.5 Å². The van der Waals surface area contributed by atoms with Crippen molar-refractivity contribution in [1.82, 2.24) is 0 Å².